The number of nitrogens with one attached hydrogen (secondary N) is 1. The van der Waals surface area contributed by atoms with Crippen LogP contribution in [0.25, 0.3) is 0 Å². The lowest BCUT2D eigenvalue weighted by atomic mass is 10.0. The first-order valence-electron chi connectivity index (χ1n) is 7.46. The molecule has 23 heavy (non-hydrogen) atoms. The standard InChI is InChI=1S/C17H20F3NO2/c1-2-3-4-5-7-13-8-6-9-14(12-13)15(22)10-11-21-16(23)17(18,19)20/h6,8-9,12,15,22H,2-4,10-11H2,1H3,(H,21,23). The first-order valence-corrected chi connectivity index (χ1v) is 7.46. The van der Waals surface area contributed by atoms with Crippen molar-refractivity contribution in [3.8, 4) is 11.8 Å². The summed E-state index contributed by atoms with van der Waals surface area (Å²) < 4.78 is 36.1. The van der Waals surface area contributed by atoms with Gasteiger partial charge in [0.15, 0.2) is 0 Å². The Morgan fingerprint density at radius 1 is 1.39 bits per heavy atom. The molecular weight excluding hydrogens is 307 g/mol. The number of aliphatic hydroxyl groups is 1. The molecule has 0 aliphatic heterocycles. The van der Waals surface area contributed by atoms with Gasteiger partial charge in [-0.1, -0.05) is 37.3 Å². The van der Waals surface area contributed by atoms with Crippen molar-refractivity contribution in [3.63, 3.8) is 0 Å². The van der Waals surface area contributed by atoms with E-state index in [-0.39, 0.29) is 13.0 Å². The summed E-state index contributed by atoms with van der Waals surface area (Å²) in [5, 5.41) is 11.7. The van der Waals surface area contributed by atoms with E-state index in [2.05, 4.69) is 18.8 Å². The predicted molar refractivity (Wildman–Crippen MR) is 81.5 cm³/mol. The van der Waals surface area contributed by atoms with Crippen molar-refractivity contribution in [2.24, 2.45) is 0 Å². The molecule has 0 radical (unpaired) electrons. The molecule has 2 N–H and O–H groups in total. The second kappa shape index (κ2) is 9.21. The van der Waals surface area contributed by atoms with Gasteiger partial charge >= 0.3 is 12.1 Å². The lowest BCUT2D eigenvalue weighted by Crippen LogP contribution is -2.37. The van der Waals surface area contributed by atoms with Gasteiger partial charge in [0.05, 0.1) is 6.10 Å². The number of amides is 1. The highest BCUT2D eigenvalue weighted by atomic mass is 19.4. The number of hydrogen-bond acceptors (Lipinski definition) is 2. The summed E-state index contributed by atoms with van der Waals surface area (Å²) >= 11 is 0. The van der Waals surface area contributed by atoms with Crippen LogP contribution in [0, 0.1) is 11.8 Å². The normalized spacial score (nSPS) is 12.2. The highest BCUT2D eigenvalue weighted by molar-refractivity contribution is 5.81. The predicted octanol–water partition coefficient (Wildman–Crippen LogP) is 3.33. The van der Waals surface area contributed by atoms with Gasteiger partial charge in [-0.2, -0.15) is 13.2 Å². The SMILES string of the molecule is CCCCC#Cc1cccc(C(O)CCNC(=O)C(F)(F)F)c1. The average molecular weight is 327 g/mol. The Balaban J connectivity index is 2.54. The first-order chi connectivity index (χ1) is 10.8. The molecule has 1 aromatic carbocycles. The van der Waals surface area contributed by atoms with Crippen LogP contribution in [-0.2, 0) is 4.79 Å². The molecule has 0 aliphatic rings. The van der Waals surface area contributed by atoms with Gasteiger partial charge in [-0.15, -0.1) is 0 Å². The number of benzene rings is 1. The molecule has 0 bridgehead atoms. The van der Waals surface area contributed by atoms with Gasteiger partial charge in [0, 0.05) is 18.5 Å². The number of hydrogen-bond donors (Lipinski definition) is 2. The summed E-state index contributed by atoms with van der Waals surface area (Å²) in [5.41, 5.74) is 1.31. The van der Waals surface area contributed by atoms with E-state index < -0.39 is 18.2 Å². The van der Waals surface area contributed by atoms with E-state index in [0.29, 0.717) is 5.56 Å². The maximum atomic E-state index is 12.0. The molecule has 1 unspecified atom stereocenters. The zero-order valence-corrected chi connectivity index (χ0v) is 12.9. The molecule has 0 fully saturated rings. The number of rotatable bonds is 6. The van der Waals surface area contributed by atoms with Crippen LogP contribution in [0.2, 0.25) is 0 Å². The molecule has 0 aromatic heterocycles. The molecular formula is C17H20F3NO2. The molecule has 0 spiro atoms. The maximum Gasteiger partial charge on any atom is 0.471 e. The van der Waals surface area contributed by atoms with Crippen molar-refractivity contribution >= 4 is 5.91 Å². The lowest BCUT2D eigenvalue weighted by Gasteiger charge is -2.13. The van der Waals surface area contributed by atoms with Crippen molar-refractivity contribution in [2.45, 2.75) is 44.9 Å². The molecule has 0 saturated heterocycles. The number of carbonyl (C=O) groups excluding carboxylic acids is 1. The third kappa shape index (κ3) is 7.20. The molecule has 126 valence electrons. The minimum absolute atomic E-state index is 0.00542. The van der Waals surface area contributed by atoms with E-state index in [1.165, 1.54) is 0 Å². The first kappa shape index (κ1) is 19.0. The summed E-state index contributed by atoms with van der Waals surface area (Å²) in [4.78, 5) is 10.7. The monoisotopic (exact) mass is 327 g/mol. The average Bonchev–Trinajstić information content (AvgIpc) is 2.50. The zero-order valence-electron chi connectivity index (χ0n) is 12.9. The zero-order chi connectivity index (χ0) is 17.3. The van der Waals surface area contributed by atoms with Gasteiger partial charge in [-0.25, -0.2) is 0 Å². The van der Waals surface area contributed by atoms with Crippen LogP contribution in [0.1, 0.15) is 49.8 Å². The van der Waals surface area contributed by atoms with Crippen LogP contribution in [-0.4, -0.2) is 23.7 Å². The minimum atomic E-state index is -4.90. The van der Waals surface area contributed by atoms with Crippen molar-refractivity contribution < 1.29 is 23.1 Å². The molecule has 1 aromatic rings. The minimum Gasteiger partial charge on any atom is -0.388 e. The topological polar surface area (TPSA) is 49.3 Å². The number of alkyl halides is 3. The fraction of sp³-hybridized carbons (Fsp3) is 0.471. The smallest absolute Gasteiger partial charge is 0.388 e. The number of unbranched alkanes of at least 4 members (excludes halogenated alkanes) is 2. The van der Waals surface area contributed by atoms with E-state index in [0.717, 1.165) is 24.8 Å². The van der Waals surface area contributed by atoms with Gasteiger partial charge in [0.1, 0.15) is 0 Å². The summed E-state index contributed by atoms with van der Waals surface area (Å²) in [5.74, 6) is 4.02. The molecule has 0 aliphatic carbocycles. The van der Waals surface area contributed by atoms with Crippen LogP contribution in [0.3, 0.4) is 0 Å². The van der Waals surface area contributed by atoms with E-state index in [1.54, 1.807) is 29.6 Å². The number of aliphatic hydroxyl groups excluding tert-OH is 1. The molecule has 1 atom stereocenters. The second-order valence-corrected chi connectivity index (χ2v) is 5.09. The largest absolute Gasteiger partial charge is 0.471 e. The summed E-state index contributed by atoms with van der Waals surface area (Å²) in [6.45, 7) is 1.82. The Labute approximate surface area is 133 Å². The van der Waals surface area contributed by atoms with Crippen molar-refractivity contribution in [3.05, 3.63) is 35.4 Å². The lowest BCUT2D eigenvalue weighted by molar-refractivity contribution is -0.173. The van der Waals surface area contributed by atoms with Crippen LogP contribution in [0.15, 0.2) is 24.3 Å². The van der Waals surface area contributed by atoms with E-state index >= 15 is 0 Å². The van der Waals surface area contributed by atoms with E-state index in [4.69, 9.17) is 0 Å². The quantitative estimate of drug-likeness (QED) is 0.622. The third-order valence-corrected chi connectivity index (χ3v) is 3.12. The Hall–Kier alpha value is -2.00. The molecule has 0 saturated carbocycles. The fourth-order valence-electron chi connectivity index (χ4n) is 1.84. The highest BCUT2D eigenvalue weighted by Gasteiger charge is 2.38. The molecule has 1 amide bonds. The van der Waals surface area contributed by atoms with Gasteiger partial charge < -0.3 is 10.4 Å². The number of halogens is 3. The fourth-order valence-corrected chi connectivity index (χ4v) is 1.84. The van der Waals surface area contributed by atoms with Crippen molar-refractivity contribution in [1.29, 1.82) is 0 Å². The third-order valence-electron chi connectivity index (χ3n) is 3.12. The van der Waals surface area contributed by atoms with E-state index in [9.17, 15) is 23.1 Å². The van der Waals surface area contributed by atoms with Crippen LogP contribution < -0.4 is 5.32 Å². The second-order valence-electron chi connectivity index (χ2n) is 5.09. The molecule has 1 rings (SSSR count). The summed E-state index contributed by atoms with van der Waals surface area (Å²) in [6.07, 6.45) is -2.98. The number of carbonyl (C=O) groups is 1. The maximum absolute atomic E-state index is 12.0. The molecule has 3 nitrogen and oxygen atoms in total. The van der Waals surface area contributed by atoms with E-state index in [1.807, 2.05) is 0 Å². The van der Waals surface area contributed by atoms with Crippen LogP contribution in [0.4, 0.5) is 13.2 Å². The Bertz CT molecular complexity index is 573. The Morgan fingerprint density at radius 3 is 2.78 bits per heavy atom. The van der Waals surface area contributed by atoms with Gasteiger partial charge in [-0.3, -0.25) is 4.79 Å². The van der Waals surface area contributed by atoms with Crippen molar-refractivity contribution in [2.75, 3.05) is 6.54 Å². The Kier molecular flexibility index (Phi) is 7.63. The highest BCUT2D eigenvalue weighted by Crippen LogP contribution is 2.18. The van der Waals surface area contributed by atoms with Crippen LogP contribution in [0.5, 0.6) is 0 Å². The summed E-state index contributed by atoms with van der Waals surface area (Å²) in [7, 11) is 0. The van der Waals surface area contributed by atoms with Crippen LogP contribution >= 0.6 is 0 Å². The van der Waals surface area contributed by atoms with Crippen molar-refractivity contribution in [1.82, 2.24) is 5.32 Å². The molecule has 0 heterocycles. The van der Waals surface area contributed by atoms with Gasteiger partial charge in [0.2, 0.25) is 0 Å². The van der Waals surface area contributed by atoms with Gasteiger partial charge in [0.25, 0.3) is 0 Å². The summed E-state index contributed by atoms with van der Waals surface area (Å²) in [6, 6.07) is 6.92. The molecule has 6 heteroatoms. The Morgan fingerprint density at radius 2 is 2.13 bits per heavy atom. The van der Waals surface area contributed by atoms with Gasteiger partial charge in [-0.05, 0) is 30.5 Å².